The summed E-state index contributed by atoms with van der Waals surface area (Å²) in [7, 11) is 2.02. The average molecular weight is 291 g/mol. The van der Waals surface area contributed by atoms with Gasteiger partial charge in [-0.05, 0) is 74.9 Å². The molecule has 0 saturated heterocycles. The van der Waals surface area contributed by atoms with Crippen molar-refractivity contribution in [2.45, 2.75) is 52.9 Å². The zero-order chi connectivity index (χ0) is 15.2. The van der Waals surface area contributed by atoms with Gasteiger partial charge in [0.2, 0.25) is 0 Å². The molecule has 1 saturated carbocycles. The fraction of sp³-hybridized carbons (Fsp3) is 0.833. The third-order valence-corrected chi connectivity index (χ3v) is 5.20. The quantitative estimate of drug-likeness (QED) is 0.777. The van der Waals surface area contributed by atoms with E-state index in [0.29, 0.717) is 0 Å². The summed E-state index contributed by atoms with van der Waals surface area (Å²) in [4.78, 5) is 0. The first kappa shape index (κ1) is 16.5. The normalized spacial score (nSPS) is 26.4. The molecule has 1 aliphatic carbocycles. The van der Waals surface area contributed by atoms with Gasteiger partial charge in [0, 0.05) is 13.2 Å². The molecule has 0 aromatic carbocycles. The zero-order valence-electron chi connectivity index (χ0n) is 14.3. The maximum absolute atomic E-state index is 4.60. The molecule has 0 amide bonds. The lowest BCUT2D eigenvalue weighted by molar-refractivity contribution is 0.144. The van der Waals surface area contributed by atoms with Crippen LogP contribution in [-0.4, -0.2) is 22.9 Å². The molecule has 1 fully saturated rings. The number of aryl methyl sites for hydroxylation is 1. The van der Waals surface area contributed by atoms with Crippen molar-refractivity contribution < 1.29 is 0 Å². The van der Waals surface area contributed by atoms with Crippen molar-refractivity contribution in [2.24, 2.45) is 30.7 Å². The van der Waals surface area contributed by atoms with Crippen LogP contribution in [0.3, 0.4) is 0 Å². The fourth-order valence-corrected chi connectivity index (χ4v) is 3.79. The molecule has 1 heterocycles. The van der Waals surface area contributed by atoms with Crippen molar-refractivity contribution in [3.8, 4) is 0 Å². The number of nitrogens with one attached hydrogen (secondary N) is 1. The molecule has 0 radical (unpaired) electrons. The van der Waals surface area contributed by atoms with Gasteiger partial charge in [0.1, 0.15) is 0 Å². The summed E-state index contributed by atoms with van der Waals surface area (Å²) in [6.45, 7) is 9.36. The molecular weight excluding hydrogens is 258 g/mol. The Bertz CT molecular complexity index is 410. The maximum atomic E-state index is 4.60. The molecule has 1 aromatic rings. The summed E-state index contributed by atoms with van der Waals surface area (Å²) < 4.78 is 1.93. The van der Waals surface area contributed by atoms with Crippen LogP contribution in [0, 0.1) is 23.7 Å². The Hall–Kier alpha value is -0.830. The van der Waals surface area contributed by atoms with Crippen molar-refractivity contribution in [2.75, 3.05) is 13.1 Å². The minimum absolute atomic E-state index is 0.797. The molecule has 3 heteroatoms. The van der Waals surface area contributed by atoms with Gasteiger partial charge in [0.15, 0.2) is 0 Å². The van der Waals surface area contributed by atoms with Crippen LogP contribution in [0.15, 0.2) is 12.3 Å². The van der Waals surface area contributed by atoms with Crippen LogP contribution in [0.25, 0.3) is 0 Å². The van der Waals surface area contributed by atoms with Gasteiger partial charge in [0.05, 0.1) is 5.69 Å². The molecule has 120 valence electrons. The average Bonchev–Trinajstić information content (AvgIpc) is 2.85. The van der Waals surface area contributed by atoms with Crippen LogP contribution >= 0.6 is 0 Å². The van der Waals surface area contributed by atoms with Gasteiger partial charge >= 0.3 is 0 Å². The summed E-state index contributed by atoms with van der Waals surface area (Å²) in [6, 6.07) is 2.19. The van der Waals surface area contributed by atoms with Gasteiger partial charge in [-0.3, -0.25) is 4.68 Å². The smallest absolute Gasteiger partial charge is 0.0627 e. The summed E-state index contributed by atoms with van der Waals surface area (Å²) in [6.07, 6.45) is 8.63. The van der Waals surface area contributed by atoms with Crippen LogP contribution in [0.4, 0.5) is 0 Å². The number of nitrogens with zero attached hydrogens (tertiary/aromatic N) is 2. The Morgan fingerprint density at radius 3 is 2.76 bits per heavy atom. The van der Waals surface area contributed by atoms with E-state index < -0.39 is 0 Å². The standard InChI is InChI=1S/C18H33N3/c1-5-9-19-13-16-7-6-15(14(2)3)11-17(16)12-18-8-10-21(4)20-18/h8,10,14-17,19H,5-7,9,11-13H2,1-4H3. The molecule has 2 rings (SSSR count). The van der Waals surface area contributed by atoms with Crippen LogP contribution in [0.1, 0.15) is 52.1 Å². The van der Waals surface area contributed by atoms with Crippen molar-refractivity contribution in [3.63, 3.8) is 0 Å². The van der Waals surface area contributed by atoms with E-state index in [2.05, 4.69) is 43.4 Å². The van der Waals surface area contributed by atoms with Gasteiger partial charge in [0.25, 0.3) is 0 Å². The van der Waals surface area contributed by atoms with Crippen molar-refractivity contribution in [1.29, 1.82) is 0 Å². The van der Waals surface area contributed by atoms with E-state index in [1.807, 2.05) is 11.7 Å². The van der Waals surface area contributed by atoms with Gasteiger partial charge in [-0.25, -0.2) is 0 Å². The maximum Gasteiger partial charge on any atom is 0.0627 e. The first-order chi connectivity index (χ1) is 10.1. The monoisotopic (exact) mass is 291 g/mol. The minimum Gasteiger partial charge on any atom is -0.316 e. The molecule has 3 nitrogen and oxygen atoms in total. The number of hydrogen-bond acceptors (Lipinski definition) is 2. The van der Waals surface area contributed by atoms with Crippen LogP contribution < -0.4 is 5.32 Å². The highest BCUT2D eigenvalue weighted by Gasteiger charge is 2.31. The summed E-state index contributed by atoms with van der Waals surface area (Å²) in [5.41, 5.74) is 1.27. The highest BCUT2D eigenvalue weighted by Crippen LogP contribution is 2.38. The van der Waals surface area contributed by atoms with Crippen molar-refractivity contribution in [3.05, 3.63) is 18.0 Å². The molecule has 1 aromatic heterocycles. The van der Waals surface area contributed by atoms with Crippen LogP contribution in [-0.2, 0) is 13.5 Å². The lowest BCUT2D eigenvalue weighted by Gasteiger charge is -2.38. The summed E-state index contributed by atoms with van der Waals surface area (Å²) in [5.74, 6) is 3.35. The Balaban J connectivity index is 1.97. The third-order valence-electron chi connectivity index (χ3n) is 5.20. The minimum atomic E-state index is 0.797. The molecule has 3 unspecified atom stereocenters. The van der Waals surface area contributed by atoms with E-state index in [0.717, 1.165) is 36.6 Å². The lowest BCUT2D eigenvalue weighted by Crippen LogP contribution is -2.35. The SMILES string of the molecule is CCCNCC1CCC(C(C)C)CC1Cc1ccn(C)n1. The van der Waals surface area contributed by atoms with E-state index >= 15 is 0 Å². The number of aromatic nitrogens is 2. The second-order valence-electron chi connectivity index (χ2n) is 7.23. The number of hydrogen-bond donors (Lipinski definition) is 1. The zero-order valence-corrected chi connectivity index (χ0v) is 14.3. The third kappa shape index (κ3) is 4.84. The highest BCUT2D eigenvalue weighted by molar-refractivity contribution is 5.01. The second-order valence-corrected chi connectivity index (χ2v) is 7.23. The van der Waals surface area contributed by atoms with E-state index in [1.165, 1.54) is 37.9 Å². The predicted octanol–water partition coefficient (Wildman–Crippen LogP) is 3.65. The number of rotatable bonds is 7. The van der Waals surface area contributed by atoms with Crippen LogP contribution in [0.2, 0.25) is 0 Å². The van der Waals surface area contributed by atoms with Crippen LogP contribution in [0.5, 0.6) is 0 Å². The largest absolute Gasteiger partial charge is 0.316 e. The predicted molar refractivity (Wildman–Crippen MR) is 89.2 cm³/mol. The highest BCUT2D eigenvalue weighted by atomic mass is 15.2. The van der Waals surface area contributed by atoms with E-state index in [1.54, 1.807) is 0 Å². The van der Waals surface area contributed by atoms with E-state index in [-0.39, 0.29) is 0 Å². The molecular formula is C18H33N3. The molecule has 1 aliphatic rings. The van der Waals surface area contributed by atoms with Crippen molar-refractivity contribution in [1.82, 2.24) is 15.1 Å². The lowest BCUT2D eigenvalue weighted by atomic mass is 9.69. The van der Waals surface area contributed by atoms with Gasteiger partial charge in [-0.15, -0.1) is 0 Å². The Labute approximate surface area is 130 Å². The van der Waals surface area contributed by atoms with E-state index in [4.69, 9.17) is 0 Å². The Morgan fingerprint density at radius 1 is 1.33 bits per heavy atom. The van der Waals surface area contributed by atoms with E-state index in [9.17, 15) is 0 Å². The first-order valence-corrected chi connectivity index (χ1v) is 8.79. The molecule has 1 N–H and O–H groups in total. The van der Waals surface area contributed by atoms with Gasteiger partial charge in [-0.2, -0.15) is 5.10 Å². The fourth-order valence-electron chi connectivity index (χ4n) is 3.79. The molecule has 3 atom stereocenters. The Morgan fingerprint density at radius 2 is 2.14 bits per heavy atom. The topological polar surface area (TPSA) is 29.9 Å². The second kappa shape index (κ2) is 7.98. The van der Waals surface area contributed by atoms with Crippen molar-refractivity contribution >= 4 is 0 Å². The summed E-state index contributed by atoms with van der Waals surface area (Å²) >= 11 is 0. The molecule has 21 heavy (non-hydrogen) atoms. The molecule has 0 bridgehead atoms. The molecule has 0 aliphatic heterocycles. The van der Waals surface area contributed by atoms with Gasteiger partial charge in [-0.1, -0.05) is 20.8 Å². The Kier molecular flexibility index (Phi) is 6.28. The van der Waals surface area contributed by atoms with Gasteiger partial charge < -0.3 is 5.32 Å². The summed E-state index contributed by atoms with van der Waals surface area (Å²) in [5, 5.41) is 8.25. The first-order valence-electron chi connectivity index (χ1n) is 8.79. The molecule has 0 spiro atoms.